The molecule has 0 radical (unpaired) electrons. The van der Waals surface area contributed by atoms with Crippen molar-refractivity contribution < 1.29 is 24.2 Å². The minimum Gasteiger partial charge on any atom is -0.481 e. The molecule has 0 aromatic carbocycles. The lowest BCUT2D eigenvalue weighted by Gasteiger charge is -2.70. The molecule has 5 rings (SSSR count). The van der Waals surface area contributed by atoms with E-state index >= 15 is 0 Å². The quantitative estimate of drug-likeness (QED) is 0.404. The summed E-state index contributed by atoms with van der Waals surface area (Å²) in [7, 11) is 0. The van der Waals surface area contributed by atoms with Crippen molar-refractivity contribution in [2.75, 3.05) is 0 Å². The van der Waals surface area contributed by atoms with Gasteiger partial charge < -0.3 is 9.84 Å². The lowest BCUT2D eigenvalue weighted by Crippen LogP contribution is -2.66. The SMILES string of the molecule is CC(=O)O[C@@H]1CC[C@]2(C)[C@H](CC[C@]3(C)[C@H]2C(=O)C=C2[C@@H]4C[C@](C)(C(=O)O)CC[C@]4(C)CC[C@]23C)C1(C)C. The topological polar surface area (TPSA) is 80.7 Å². The summed E-state index contributed by atoms with van der Waals surface area (Å²) in [6, 6.07) is 0. The van der Waals surface area contributed by atoms with Crippen molar-refractivity contribution in [3.63, 3.8) is 0 Å². The van der Waals surface area contributed by atoms with Gasteiger partial charge in [0.05, 0.1) is 5.41 Å². The Hall–Kier alpha value is -1.65. The third-order valence-electron chi connectivity index (χ3n) is 13.3. The van der Waals surface area contributed by atoms with Crippen LogP contribution < -0.4 is 0 Å². The minimum absolute atomic E-state index is 0.0644. The molecule has 9 atom stereocenters. The molecule has 206 valence electrons. The van der Waals surface area contributed by atoms with Crippen LogP contribution in [0.5, 0.6) is 0 Å². The van der Waals surface area contributed by atoms with Gasteiger partial charge >= 0.3 is 11.9 Å². The number of carbonyl (C=O) groups excluding carboxylic acids is 2. The van der Waals surface area contributed by atoms with E-state index in [1.165, 1.54) is 12.5 Å². The van der Waals surface area contributed by atoms with Gasteiger partial charge in [-0.3, -0.25) is 14.4 Å². The van der Waals surface area contributed by atoms with Crippen LogP contribution in [0.25, 0.3) is 0 Å². The van der Waals surface area contributed by atoms with Gasteiger partial charge in [0.25, 0.3) is 0 Å². The smallest absolute Gasteiger partial charge is 0.309 e. The summed E-state index contributed by atoms with van der Waals surface area (Å²) < 4.78 is 5.82. The first-order chi connectivity index (χ1) is 16.9. The number of esters is 1. The maximum Gasteiger partial charge on any atom is 0.309 e. The normalized spacial score (nSPS) is 50.5. The third kappa shape index (κ3) is 3.43. The van der Waals surface area contributed by atoms with Gasteiger partial charge in [-0.15, -0.1) is 0 Å². The maximum absolute atomic E-state index is 14.4. The number of rotatable bonds is 2. The fourth-order valence-electron chi connectivity index (χ4n) is 10.8. The van der Waals surface area contributed by atoms with E-state index in [2.05, 4.69) is 41.5 Å². The Bertz CT molecular complexity index is 1070. The zero-order valence-electron chi connectivity index (χ0n) is 24.3. The van der Waals surface area contributed by atoms with Gasteiger partial charge in [0, 0.05) is 18.3 Å². The van der Waals surface area contributed by atoms with E-state index in [9.17, 15) is 19.5 Å². The summed E-state index contributed by atoms with van der Waals surface area (Å²) in [5.41, 5.74) is -0.0327. The largest absolute Gasteiger partial charge is 0.481 e. The summed E-state index contributed by atoms with van der Waals surface area (Å²) >= 11 is 0. The predicted octanol–water partition coefficient (Wildman–Crippen LogP) is 6.98. The lowest BCUT2D eigenvalue weighted by molar-refractivity contribution is -0.210. The number of hydrogen-bond acceptors (Lipinski definition) is 4. The molecule has 0 aromatic heterocycles. The molecular formula is C32H48O5. The number of ketones is 1. The molecule has 0 heterocycles. The van der Waals surface area contributed by atoms with Crippen LogP contribution in [0.2, 0.25) is 0 Å². The van der Waals surface area contributed by atoms with Gasteiger partial charge in [-0.2, -0.15) is 0 Å². The summed E-state index contributed by atoms with van der Waals surface area (Å²) in [6.45, 7) is 17.4. The first kappa shape index (κ1) is 26.9. The second-order valence-electron chi connectivity index (χ2n) is 15.5. The first-order valence-electron chi connectivity index (χ1n) is 14.6. The average Bonchev–Trinajstić information content (AvgIpc) is 2.78. The van der Waals surface area contributed by atoms with Gasteiger partial charge in [-0.1, -0.05) is 47.1 Å². The predicted molar refractivity (Wildman–Crippen MR) is 143 cm³/mol. The number of carbonyl (C=O) groups is 3. The van der Waals surface area contributed by atoms with Crippen molar-refractivity contribution >= 4 is 17.7 Å². The van der Waals surface area contributed by atoms with Crippen LogP contribution in [-0.2, 0) is 19.1 Å². The molecule has 4 saturated carbocycles. The highest BCUT2D eigenvalue weighted by Gasteiger charge is 2.70. The highest BCUT2D eigenvalue weighted by atomic mass is 16.5. The van der Waals surface area contributed by atoms with Crippen molar-refractivity contribution in [3.8, 4) is 0 Å². The monoisotopic (exact) mass is 512 g/mol. The summed E-state index contributed by atoms with van der Waals surface area (Å²) in [4.78, 5) is 38.5. The van der Waals surface area contributed by atoms with Gasteiger partial charge in [-0.05, 0) is 104 Å². The molecule has 5 aliphatic carbocycles. The molecule has 1 N–H and O–H groups in total. The zero-order valence-corrected chi connectivity index (χ0v) is 24.3. The van der Waals surface area contributed by atoms with Crippen LogP contribution in [0.4, 0.5) is 0 Å². The molecule has 37 heavy (non-hydrogen) atoms. The van der Waals surface area contributed by atoms with E-state index in [0.717, 1.165) is 44.9 Å². The van der Waals surface area contributed by atoms with E-state index in [1.54, 1.807) is 0 Å². The first-order valence-corrected chi connectivity index (χ1v) is 14.6. The molecule has 4 fully saturated rings. The fourth-order valence-corrected chi connectivity index (χ4v) is 10.8. The third-order valence-corrected chi connectivity index (χ3v) is 13.3. The average molecular weight is 513 g/mol. The van der Waals surface area contributed by atoms with Crippen LogP contribution in [0.3, 0.4) is 0 Å². The highest BCUT2D eigenvalue weighted by molar-refractivity contribution is 5.95. The number of carboxylic acids is 1. The van der Waals surface area contributed by atoms with Crippen LogP contribution in [-0.4, -0.2) is 28.9 Å². The van der Waals surface area contributed by atoms with Crippen molar-refractivity contribution in [1.29, 1.82) is 0 Å². The van der Waals surface area contributed by atoms with E-state index < -0.39 is 11.4 Å². The van der Waals surface area contributed by atoms with E-state index in [4.69, 9.17) is 4.74 Å². The molecule has 0 bridgehead atoms. The standard InChI is InChI=1S/C32H48O5/c1-19(33)37-24-10-11-30(6)23(27(24,2)3)9-12-32(8)25(30)22(34)17-20-21-18-29(5,26(35)36)14-13-28(21,4)15-16-31(20,32)7/h17,21,23-25H,9-16,18H2,1-8H3,(H,35,36)/t21-,23+,24+,25-,28+,29+,30+,31+,32+/m0/s1. The molecule has 5 heteroatoms. The molecule has 0 amide bonds. The summed E-state index contributed by atoms with van der Waals surface area (Å²) in [6.07, 6.45) is 10.0. The number of aliphatic carboxylic acids is 1. The molecule has 0 unspecified atom stereocenters. The molecule has 0 saturated heterocycles. The van der Waals surface area contributed by atoms with Crippen molar-refractivity contribution in [2.45, 2.75) is 119 Å². The van der Waals surface area contributed by atoms with E-state index in [0.29, 0.717) is 18.8 Å². The molecule has 0 aromatic rings. The Labute approximate surface area is 223 Å². The Morgan fingerprint density at radius 3 is 2.19 bits per heavy atom. The minimum atomic E-state index is -0.729. The van der Waals surface area contributed by atoms with Gasteiger partial charge in [0.2, 0.25) is 0 Å². The van der Waals surface area contributed by atoms with E-state index in [1.807, 2.05) is 13.0 Å². The molecule has 0 aliphatic heterocycles. The van der Waals surface area contributed by atoms with Crippen molar-refractivity contribution in [3.05, 3.63) is 11.6 Å². The number of ether oxygens (including phenoxy) is 1. The number of allylic oxidation sites excluding steroid dienone is 2. The Morgan fingerprint density at radius 2 is 1.57 bits per heavy atom. The Kier molecular flexibility index (Phi) is 5.78. The second-order valence-corrected chi connectivity index (χ2v) is 15.5. The van der Waals surface area contributed by atoms with Crippen LogP contribution in [0.1, 0.15) is 113 Å². The Morgan fingerprint density at radius 1 is 0.919 bits per heavy atom. The maximum atomic E-state index is 14.4. The second kappa shape index (κ2) is 7.94. The zero-order chi connectivity index (χ0) is 27.4. The highest BCUT2D eigenvalue weighted by Crippen LogP contribution is 2.75. The van der Waals surface area contributed by atoms with Gasteiger partial charge in [0.1, 0.15) is 6.10 Å². The van der Waals surface area contributed by atoms with Crippen LogP contribution in [0, 0.1) is 50.2 Å². The van der Waals surface area contributed by atoms with Crippen LogP contribution >= 0.6 is 0 Å². The number of fused-ring (bicyclic) bond motifs is 7. The fraction of sp³-hybridized carbons (Fsp3) is 0.844. The molecular weight excluding hydrogens is 464 g/mol. The lowest BCUT2D eigenvalue weighted by atomic mass is 9.33. The number of hydrogen-bond donors (Lipinski definition) is 1. The molecule has 5 aliphatic rings. The van der Waals surface area contributed by atoms with Crippen molar-refractivity contribution in [1.82, 2.24) is 0 Å². The summed E-state index contributed by atoms with van der Waals surface area (Å²) in [5, 5.41) is 10.1. The van der Waals surface area contributed by atoms with Crippen LogP contribution in [0.15, 0.2) is 11.6 Å². The Balaban J connectivity index is 1.58. The molecule has 0 spiro atoms. The molecule has 5 nitrogen and oxygen atoms in total. The van der Waals surface area contributed by atoms with Gasteiger partial charge in [-0.25, -0.2) is 0 Å². The summed E-state index contributed by atoms with van der Waals surface area (Å²) in [5.74, 6) is -0.280. The number of carboxylic acid groups (broad SMARTS) is 1. The van der Waals surface area contributed by atoms with Gasteiger partial charge in [0.15, 0.2) is 5.78 Å². The van der Waals surface area contributed by atoms with E-state index in [-0.39, 0.29) is 56.8 Å². The van der Waals surface area contributed by atoms with Crippen molar-refractivity contribution in [2.24, 2.45) is 50.2 Å².